The van der Waals surface area contributed by atoms with Crippen molar-refractivity contribution in [3.63, 3.8) is 0 Å². The van der Waals surface area contributed by atoms with Gasteiger partial charge in [-0.3, -0.25) is 4.79 Å². The number of rotatable bonds is 5. The van der Waals surface area contributed by atoms with Crippen molar-refractivity contribution < 1.29 is 19.1 Å². The van der Waals surface area contributed by atoms with Crippen molar-refractivity contribution in [3.8, 4) is 0 Å². The van der Waals surface area contributed by atoms with Gasteiger partial charge >= 0.3 is 5.97 Å². The fraction of sp³-hybridized carbons (Fsp3) is 0.467. The maximum absolute atomic E-state index is 12.1. The molecule has 0 aromatic heterocycles. The Hall–Kier alpha value is -1.59. The molecular weight excluding hydrogens is 294 g/mol. The van der Waals surface area contributed by atoms with E-state index in [4.69, 9.17) is 21.1 Å². The first-order valence-electron chi connectivity index (χ1n) is 6.85. The van der Waals surface area contributed by atoms with E-state index < -0.39 is 18.1 Å². The highest BCUT2D eigenvalue weighted by molar-refractivity contribution is 6.31. The molecule has 1 N–H and O–H groups in total. The topological polar surface area (TPSA) is 64.6 Å². The summed E-state index contributed by atoms with van der Waals surface area (Å²) in [6, 6.07) is 6.43. The molecule has 1 fully saturated rings. The van der Waals surface area contributed by atoms with Crippen LogP contribution in [0.25, 0.3) is 0 Å². The summed E-state index contributed by atoms with van der Waals surface area (Å²) in [4.78, 5) is 23.9. The summed E-state index contributed by atoms with van der Waals surface area (Å²) in [5, 5.41) is 3.24. The van der Waals surface area contributed by atoms with E-state index in [1.807, 2.05) is 18.2 Å². The number of benzene rings is 1. The van der Waals surface area contributed by atoms with E-state index in [9.17, 15) is 9.59 Å². The van der Waals surface area contributed by atoms with Crippen LogP contribution in [0, 0.1) is 0 Å². The third kappa shape index (κ3) is 4.19. The van der Waals surface area contributed by atoms with Crippen molar-refractivity contribution >= 4 is 23.5 Å². The summed E-state index contributed by atoms with van der Waals surface area (Å²) in [6.07, 6.45) is 1.32. The largest absolute Gasteiger partial charge is 0.467 e. The van der Waals surface area contributed by atoms with Gasteiger partial charge in [0.05, 0.1) is 7.11 Å². The van der Waals surface area contributed by atoms with E-state index in [0.717, 1.165) is 12.0 Å². The Morgan fingerprint density at radius 3 is 2.86 bits per heavy atom. The first-order valence-corrected chi connectivity index (χ1v) is 7.23. The zero-order chi connectivity index (χ0) is 15.2. The minimum Gasteiger partial charge on any atom is -0.467 e. The molecule has 1 aromatic rings. The van der Waals surface area contributed by atoms with Gasteiger partial charge in [0.1, 0.15) is 12.1 Å². The number of esters is 1. The zero-order valence-electron chi connectivity index (χ0n) is 11.8. The Balaban J connectivity index is 2.06. The number of amides is 1. The van der Waals surface area contributed by atoms with E-state index in [1.165, 1.54) is 7.11 Å². The molecule has 1 amide bonds. The van der Waals surface area contributed by atoms with Crippen molar-refractivity contribution in [1.82, 2.24) is 5.32 Å². The van der Waals surface area contributed by atoms with Gasteiger partial charge in [-0.2, -0.15) is 0 Å². The summed E-state index contributed by atoms with van der Waals surface area (Å²) in [6.45, 7) is 0.575. The molecule has 5 nitrogen and oxygen atoms in total. The van der Waals surface area contributed by atoms with Gasteiger partial charge in [-0.25, -0.2) is 4.79 Å². The molecule has 1 heterocycles. The van der Waals surface area contributed by atoms with E-state index in [1.54, 1.807) is 6.07 Å². The Labute approximate surface area is 128 Å². The van der Waals surface area contributed by atoms with E-state index in [2.05, 4.69) is 5.32 Å². The zero-order valence-corrected chi connectivity index (χ0v) is 12.6. The predicted octanol–water partition coefficient (Wildman–Crippen LogP) is 1.72. The number of carbonyl (C=O) groups excluding carboxylic acids is 2. The maximum atomic E-state index is 12.1. The predicted molar refractivity (Wildman–Crippen MR) is 78.1 cm³/mol. The van der Waals surface area contributed by atoms with Gasteiger partial charge in [0.25, 0.3) is 0 Å². The lowest BCUT2D eigenvalue weighted by Gasteiger charge is -2.19. The molecule has 0 radical (unpaired) electrons. The second kappa shape index (κ2) is 7.43. The van der Waals surface area contributed by atoms with Crippen LogP contribution in [0.3, 0.4) is 0 Å². The van der Waals surface area contributed by atoms with Crippen LogP contribution >= 0.6 is 11.6 Å². The number of ether oxygens (including phenoxy) is 2. The Bertz CT molecular complexity index is 514. The van der Waals surface area contributed by atoms with Crippen molar-refractivity contribution in [1.29, 1.82) is 0 Å². The van der Waals surface area contributed by atoms with Gasteiger partial charge < -0.3 is 14.8 Å². The van der Waals surface area contributed by atoms with Crippen molar-refractivity contribution in [3.05, 3.63) is 34.9 Å². The van der Waals surface area contributed by atoms with Crippen LogP contribution < -0.4 is 5.32 Å². The molecule has 0 bridgehead atoms. The highest BCUT2D eigenvalue weighted by Gasteiger charge is 2.29. The summed E-state index contributed by atoms with van der Waals surface area (Å²) in [7, 11) is 1.29. The lowest BCUT2D eigenvalue weighted by atomic mass is 10.1. The van der Waals surface area contributed by atoms with Gasteiger partial charge in [-0.1, -0.05) is 29.8 Å². The number of methoxy groups -OCH3 is 1. The van der Waals surface area contributed by atoms with Crippen molar-refractivity contribution in [2.24, 2.45) is 0 Å². The van der Waals surface area contributed by atoms with Crippen LogP contribution in [0.4, 0.5) is 0 Å². The minimum atomic E-state index is -0.772. The first-order chi connectivity index (χ1) is 10.1. The third-order valence-electron chi connectivity index (χ3n) is 3.41. The number of hydrogen-bond donors (Lipinski definition) is 1. The van der Waals surface area contributed by atoms with Gasteiger partial charge in [-0.05, 0) is 24.5 Å². The van der Waals surface area contributed by atoms with Crippen LogP contribution in [0.5, 0.6) is 0 Å². The smallest absolute Gasteiger partial charge is 0.328 e. The van der Waals surface area contributed by atoms with Crippen molar-refractivity contribution in [2.75, 3.05) is 13.7 Å². The monoisotopic (exact) mass is 311 g/mol. The maximum Gasteiger partial charge on any atom is 0.328 e. The fourth-order valence-electron chi connectivity index (χ4n) is 2.27. The average molecular weight is 312 g/mol. The van der Waals surface area contributed by atoms with E-state index in [-0.39, 0.29) is 12.3 Å². The number of halogens is 1. The molecule has 2 rings (SSSR count). The summed E-state index contributed by atoms with van der Waals surface area (Å²) in [5.74, 6) is -0.781. The molecule has 0 saturated carbocycles. The van der Waals surface area contributed by atoms with Gasteiger partial charge in [0.2, 0.25) is 5.91 Å². The second-order valence-electron chi connectivity index (χ2n) is 4.88. The Morgan fingerprint density at radius 2 is 2.24 bits per heavy atom. The molecule has 114 valence electrons. The van der Waals surface area contributed by atoms with Crippen molar-refractivity contribution in [2.45, 2.75) is 31.4 Å². The Kier molecular flexibility index (Phi) is 5.59. The average Bonchev–Trinajstić information content (AvgIpc) is 3.02. The molecule has 1 aliphatic heterocycles. The van der Waals surface area contributed by atoms with E-state index in [0.29, 0.717) is 18.1 Å². The molecule has 1 aliphatic rings. The van der Waals surface area contributed by atoms with Gasteiger partial charge in [0.15, 0.2) is 0 Å². The molecule has 2 atom stereocenters. The standard InChI is InChI=1S/C15H18ClNO4/c1-20-15(19)12(9-10-5-2-3-6-11(10)16)17-14(18)13-7-4-8-21-13/h2-3,5-6,12-13H,4,7-9H2,1H3,(H,17,18)/t12-,13-/m1/s1. The normalized spacial score (nSPS) is 19.0. The number of hydrogen-bond acceptors (Lipinski definition) is 4. The second-order valence-corrected chi connectivity index (χ2v) is 5.29. The summed E-state index contributed by atoms with van der Waals surface area (Å²) >= 11 is 6.09. The third-order valence-corrected chi connectivity index (χ3v) is 3.77. The van der Waals surface area contributed by atoms with Gasteiger partial charge in [0, 0.05) is 18.1 Å². The molecule has 0 unspecified atom stereocenters. The molecule has 1 aromatic carbocycles. The molecule has 6 heteroatoms. The van der Waals surface area contributed by atoms with Crippen LogP contribution in [0.1, 0.15) is 18.4 Å². The molecular formula is C15H18ClNO4. The minimum absolute atomic E-state index is 0.282. The summed E-state index contributed by atoms with van der Waals surface area (Å²) in [5.41, 5.74) is 0.780. The quantitative estimate of drug-likeness (QED) is 0.841. The van der Waals surface area contributed by atoms with E-state index >= 15 is 0 Å². The van der Waals surface area contributed by atoms with Crippen LogP contribution in [0.15, 0.2) is 24.3 Å². The Morgan fingerprint density at radius 1 is 1.48 bits per heavy atom. The first kappa shape index (κ1) is 15.8. The molecule has 0 spiro atoms. The van der Waals surface area contributed by atoms with Crippen LogP contribution in [-0.2, 0) is 25.5 Å². The molecule has 0 aliphatic carbocycles. The number of nitrogens with one attached hydrogen (secondary N) is 1. The SMILES string of the molecule is COC(=O)[C@@H](Cc1ccccc1Cl)NC(=O)[C@H]1CCCO1. The highest BCUT2D eigenvalue weighted by Crippen LogP contribution is 2.18. The molecule has 21 heavy (non-hydrogen) atoms. The van der Waals surface area contributed by atoms with Crippen LogP contribution in [-0.4, -0.2) is 37.7 Å². The highest BCUT2D eigenvalue weighted by atomic mass is 35.5. The van der Waals surface area contributed by atoms with Crippen LogP contribution in [0.2, 0.25) is 5.02 Å². The lowest BCUT2D eigenvalue weighted by Crippen LogP contribution is -2.47. The molecule has 1 saturated heterocycles. The van der Waals surface area contributed by atoms with Gasteiger partial charge in [-0.15, -0.1) is 0 Å². The lowest BCUT2D eigenvalue weighted by molar-refractivity contribution is -0.146. The summed E-state index contributed by atoms with van der Waals surface area (Å²) < 4.78 is 10.1. The fourth-order valence-corrected chi connectivity index (χ4v) is 2.48. The number of carbonyl (C=O) groups is 2.